The van der Waals surface area contributed by atoms with E-state index in [4.69, 9.17) is 21.2 Å². The Hall–Kier alpha value is -5.99. The second-order valence-corrected chi connectivity index (χ2v) is 14.1. The van der Waals surface area contributed by atoms with Crippen molar-refractivity contribution in [3.8, 4) is 17.2 Å². The number of aromatic nitrogens is 1. The number of anilines is 1. The van der Waals surface area contributed by atoms with Gasteiger partial charge in [-0.05, 0) is 54.5 Å². The third-order valence-corrected chi connectivity index (χ3v) is 11.0. The second kappa shape index (κ2) is 13.1. The second-order valence-electron chi connectivity index (χ2n) is 13.7. The zero-order valence-corrected chi connectivity index (χ0v) is 29.7. The van der Waals surface area contributed by atoms with Gasteiger partial charge in [0.1, 0.15) is 29.3 Å². The van der Waals surface area contributed by atoms with Gasteiger partial charge in [-0.25, -0.2) is 0 Å². The molecule has 276 valence electrons. The molecule has 4 aromatic rings. The average molecular weight is 753 g/mol. The van der Waals surface area contributed by atoms with E-state index in [-0.39, 0.29) is 29.5 Å². The fraction of sp³-hybridized carbons (Fsp3) is 0.282. The Morgan fingerprint density at radius 3 is 2.35 bits per heavy atom. The third kappa shape index (κ3) is 5.27. The van der Waals surface area contributed by atoms with Crippen molar-refractivity contribution in [1.82, 2.24) is 9.88 Å². The van der Waals surface area contributed by atoms with Crippen LogP contribution in [-0.2, 0) is 21.4 Å². The number of allylic oxidation sites excluding steroid dienone is 2. The predicted molar refractivity (Wildman–Crippen MR) is 197 cm³/mol. The summed E-state index contributed by atoms with van der Waals surface area (Å²) in [5.41, 5.74) is -3.74. The van der Waals surface area contributed by atoms with Gasteiger partial charge in [-0.2, -0.15) is 0 Å². The quantitative estimate of drug-likeness (QED) is 0.0664. The number of Topliss-reactive ketones (excluding diaryl/α,β-unsaturated/α-hetero) is 3. The van der Waals surface area contributed by atoms with Crippen molar-refractivity contribution < 1.29 is 44.1 Å². The highest BCUT2D eigenvalue weighted by atomic mass is 35.5. The predicted octanol–water partition coefficient (Wildman–Crippen LogP) is 4.03. The van der Waals surface area contributed by atoms with Crippen LogP contribution in [-0.4, -0.2) is 101 Å². The van der Waals surface area contributed by atoms with Crippen LogP contribution >= 0.6 is 11.6 Å². The van der Waals surface area contributed by atoms with E-state index in [1.54, 1.807) is 12.1 Å². The summed E-state index contributed by atoms with van der Waals surface area (Å²) < 4.78 is 4.94. The van der Waals surface area contributed by atoms with Crippen LogP contribution < -0.4 is 10.5 Å². The van der Waals surface area contributed by atoms with Gasteiger partial charge >= 0.3 is 0 Å². The maximum Gasteiger partial charge on any atom is 0.260 e. The number of ketones is 4. The van der Waals surface area contributed by atoms with Crippen molar-refractivity contribution in [1.29, 1.82) is 0 Å². The molecule has 4 N–H and O–H groups in total. The van der Waals surface area contributed by atoms with Crippen LogP contribution in [0.3, 0.4) is 0 Å². The minimum Gasteiger partial charge on any atom is -0.507 e. The molecule has 3 aromatic carbocycles. The number of ether oxygens (including phenoxy) is 1. The number of rotatable bonds is 8. The van der Waals surface area contributed by atoms with Gasteiger partial charge in [-0.15, -0.1) is 0 Å². The number of aromatic amines is 1. The maximum absolute atomic E-state index is 14.2. The van der Waals surface area contributed by atoms with E-state index in [0.29, 0.717) is 22.6 Å². The molecule has 0 bridgehead atoms. The molecule has 2 heterocycles. The topological polar surface area (TPSA) is 199 Å². The number of benzene rings is 3. The number of hydrogen-bond acceptors (Lipinski definition) is 13. The van der Waals surface area contributed by atoms with Gasteiger partial charge in [-0.1, -0.05) is 28.9 Å². The van der Waals surface area contributed by atoms with Crippen LogP contribution in [0.2, 0.25) is 5.02 Å². The van der Waals surface area contributed by atoms with Crippen molar-refractivity contribution in [2.45, 2.75) is 24.7 Å². The van der Waals surface area contributed by atoms with Crippen molar-refractivity contribution in [2.75, 3.05) is 51.3 Å². The van der Waals surface area contributed by atoms with E-state index in [2.05, 4.69) is 26.0 Å². The fourth-order valence-electron chi connectivity index (χ4n) is 8.23. The number of aromatic hydroxyl groups is 3. The minimum atomic E-state index is -2.12. The molecule has 4 aliphatic rings. The first-order valence-electron chi connectivity index (χ1n) is 17.3. The largest absolute Gasteiger partial charge is 0.507 e. The Balaban J connectivity index is 0.989. The summed E-state index contributed by atoms with van der Waals surface area (Å²) in [6.45, 7) is 4.78. The van der Waals surface area contributed by atoms with Gasteiger partial charge < -0.3 is 34.8 Å². The molecule has 1 aliphatic heterocycles. The van der Waals surface area contributed by atoms with Gasteiger partial charge in [0.15, 0.2) is 23.1 Å². The molecule has 3 aliphatic carbocycles. The minimum absolute atomic E-state index is 0.119. The number of fused-ring (bicyclic) bond motifs is 5. The SMILES string of the molecule is COC1=CC(=O)c2c(O)c3c(c(O)c2C1=O)C(=O)C1(CCc2cc4cc(C=NOCCCN5CCN(c6cccc(Cl)c6)CC5)[nH]c(=O)c4c(O)c21)C3=O. The van der Waals surface area contributed by atoms with Gasteiger partial charge in [0.2, 0.25) is 5.78 Å². The Kier molecular flexibility index (Phi) is 8.53. The molecule has 0 saturated carbocycles. The maximum atomic E-state index is 14.2. The number of halogens is 1. The molecule has 1 spiro atoms. The van der Waals surface area contributed by atoms with E-state index in [9.17, 15) is 39.3 Å². The molecule has 14 nitrogen and oxygen atoms in total. The summed E-state index contributed by atoms with van der Waals surface area (Å²) in [6.07, 6.45) is 2.86. The number of oxime groups is 1. The lowest BCUT2D eigenvalue weighted by atomic mass is 9.76. The Morgan fingerprint density at radius 1 is 0.926 bits per heavy atom. The summed E-state index contributed by atoms with van der Waals surface area (Å²) >= 11 is 6.14. The Bertz CT molecular complexity index is 2460. The summed E-state index contributed by atoms with van der Waals surface area (Å²) in [5.74, 6) is -6.71. The number of nitrogens with one attached hydrogen (secondary N) is 1. The smallest absolute Gasteiger partial charge is 0.260 e. The molecule has 1 atom stereocenters. The van der Waals surface area contributed by atoms with E-state index < -0.39 is 79.4 Å². The number of H-pyrrole nitrogens is 1. The number of carbonyl (C=O) groups excluding carboxylic acids is 4. The van der Waals surface area contributed by atoms with E-state index in [0.717, 1.165) is 58.0 Å². The first kappa shape index (κ1) is 35.1. The van der Waals surface area contributed by atoms with Gasteiger partial charge in [0.25, 0.3) is 5.56 Å². The summed E-state index contributed by atoms with van der Waals surface area (Å²) in [4.78, 5) is 80.5. The van der Waals surface area contributed by atoms with Gasteiger partial charge in [0, 0.05) is 55.1 Å². The number of phenols is 3. The first-order chi connectivity index (χ1) is 26.0. The van der Waals surface area contributed by atoms with Crippen LogP contribution in [0.15, 0.2) is 58.2 Å². The number of methoxy groups -OCH3 is 1. The Labute approximate surface area is 311 Å². The van der Waals surface area contributed by atoms with E-state index >= 15 is 0 Å². The number of piperazine rings is 1. The zero-order valence-electron chi connectivity index (χ0n) is 28.9. The van der Waals surface area contributed by atoms with E-state index in [1.165, 1.54) is 6.21 Å². The van der Waals surface area contributed by atoms with Crippen LogP contribution in [0.1, 0.15) is 71.1 Å². The van der Waals surface area contributed by atoms with Crippen molar-refractivity contribution >= 4 is 57.4 Å². The molecule has 15 heteroatoms. The van der Waals surface area contributed by atoms with Crippen molar-refractivity contribution in [3.05, 3.63) is 103 Å². The van der Waals surface area contributed by atoms with Crippen LogP contribution in [0.5, 0.6) is 17.2 Å². The highest BCUT2D eigenvalue weighted by molar-refractivity contribution is 6.39. The average Bonchev–Trinajstić information content (AvgIpc) is 3.65. The zero-order chi connectivity index (χ0) is 38.1. The molecule has 1 saturated heterocycles. The lowest BCUT2D eigenvalue weighted by molar-refractivity contribution is 0.0790. The third-order valence-electron chi connectivity index (χ3n) is 10.8. The fourth-order valence-corrected chi connectivity index (χ4v) is 8.41. The van der Waals surface area contributed by atoms with Crippen molar-refractivity contribution in [2.24, 2.45) is 5.16 Å². The van der Waals surface area contributed by atoms with Crippen LogP contribution in [0.4, 0.5) is 5.69 Å². The molecule has 54 heavy (non-hydrogen) atoms. The van der Waals surface area contributed by atoms with E-state index in [1.807, 2.05) is 18.2 Å². The number of hydrogen-bond donors (Lipinski definition) is 4. The molecular formula is C39H33ClN4O10. The summed E-state index contributed by atoms with van der Waals surface area (Å²) in [7, 11) is 1.14. The molecule has 1 unspecified atom stereocenters. The van der Waals surface area contributed by atoms with Crippen molar-refractivity contribution in [3.63, 3.8) is 0 Å². The molecular weight excluding hydrogens is 720 g/mol. The number of nitrogens with zero attached hydrogens (tertiary/aromatic N) is 3. The Morgan fingerprint density at radius 2 is 1.65 bits per heavy atom. The van der Waals surface area contributed by atoms with Crippen LogP contribution in [0, 0.1) is 0 Å². The highest BCUT2D eigenvalue weighted by Gasteiger charge is 2.61. The monoisotopic (exact) mass is 752 g/mol. The number of carbonyl (C=O) groups is 4. The molecule has 0 radical (unpaired) electrons. The normalized spacial score (nSPS) is 19.5. The van der Waals surface area contributed by atoms with Crippen LogP contribution in [0.25, 0.3) is 10.8 Å². The number of pyridine rings is 1. The lowest BCUT2D eigenvalue weighted by Gasteiger charge is -2.36. The highest BCUT2D eigenvalue weighted by Crippen LogP contribution is 2.57. The molecule has 8 rings (SSSR count). The lowest BCUT2D eigenvalue weighted by Crippen LogP contribution is -2.46. The first-order valence-corrected chi connectivity index (χ1v) is 17.7. The summed E-state index contributed by atoms with van der Waals surface area (Å²) in [6, 6.07) is 11.0. The standard InChI is InChI=1S/C39H33ClN4O10/c1-53-25-17-24(45)27-28(32(25)46)34(48)30-29(33(27)47)36(50)39(37(30)51)7-6-19-14-20-15-22(42-38(52)26(20)35(49)31(19)39)18-41-54-13-3-8-43-9-11-44(12-10-43)23-5-2-4-21(40)16-23/h2,4-5,14-18,47-49H,3,6-13H2,1H3,(H,42,52). The summed E-state index contributed by atoms with van der Waals surface area (Å²) in [5, 5.41) is 38.8. The van der Waals surface area contributed by atoms with Gasteiger partial charge in [0.05, 0.1) is 46.7 Å². The van der Waals surface area contributed by atoms with Gasteiger partial charge in [-0.3, -0.25) is 28.9 Å². The number of aryl methyl sites for hydroxylation is 1. The molecule has 0 amide bonds. The number of phenolic OH excluding ortho intramolecular Hbond substituents is 3. The molecule has 1 aromatic heterocycles. The molecule has 1 fully saturated rings.